The summed E-state index contributed by atoms with van der Waals surface area (Å²) in [4.78, 5) is 21.4. The summed E-state index contributed by atoms with van der Waals surface area (Å²) in [6, 6.07) is 10.4. The van der Waals surface area contributed by atoms with E-state index in [-0.39, 0.29) is 19.8 Å². The van der Waals surface area contributed by atoms with Crippen molar-refractivity contribution in [2.24, 2.45) is 4.36 Å². The number of aliphatic hydroxyl groups excluding tert-OH is 1. The molecule has 9 nitrogen and oxygen atoms in total. The quantitative estimate of drug-likeness (QED) is 0.448. The van der Waals surface area contributed by atoms with E-state index in [0.29, 0.717) is 22.4 Å². The van der Waals surface area contributed by atoms with E-state index in [2.05, 4.69) is 24.4 Å². The predicted octanol–water partition coefficient (Wildman–Crippen LogP) is 3.50. The Morgan fingerprint density at radius 2 is 2.10 bits per heavy atom. The van der Waals surface area contributed by atoms with Gasteiger partial charge in [-0.2, -0.15) is 4.98 Å². The largest absolute Gasteiger partial charge is 0.475 e. The van der Waals surface area contributed by atoms with E-state index >= 15 is 0 Å². The first-order chi connectivity index (χ1) is 14.6. The molecular formula is C19H20N4O5S2. The van der Waals surface area contributed by atoms with Gasteiger partial charge in [-0.15, -0.1) is 15.7 Å². The van der Waals surface area contributed by atoms with Gasteiger partial charge in [0.05, 0.1) is 29.4 Å². The number of nitrogens with zero attached hydrogens (tertiary/aromatic N) is 3. The van der Waals surface area contributed by atoms with Crippen molar-refractivity contribution in [3.63, 3.8) is 0 Å². The lowest BCUT2D eigenvalue weighted by molar-refractivity contribution is 0.164. The summed E-state index contributed by atoms with van der Waals surface area (Å²) < 4.78 is 25.8. The summed E-state index contributed by atoms with van der Waals surface area (Å²) in [5, 5.41) is 14.1. The Labute approximate surface area is 178 Å². The van der Waals surface area contributed by atoms with E-state index in [4.69, 9.17) is 9.84 Å². The van der Waals surface area contributed by atoms with Crippen LogP contribution < -0.4 is 10.1 Å². The van der Waals surface area contributed by atoms with Gasteiger partial charge in [0.25, 0.3) is 0 Å². The highest BCUT2D eigenvalue weighted by Gasteiger charge is 2.12. The van der Waals surface area contributed by atoms with Crippen LogP contribution in [0, 0.1) is 0 Å². The van der Waals surface area contributed by atoms with Crippen molar-refractivity contribution >= 4 is 39.7 Å². The number of ether oxygens (including phenoxy) is 2. The van der Waals surface area contributed by atoms with Gasteiger partial charge in [-0.05, 0) is 42.6 Å². The Balaban J connectivity index is 1.77. The number of hydrogen-bond donors (Lipinski definition) is 3. The van der Waals surface area contributed by atoms with Crippen LogP contribution in [0.3, 0.4) is 0 Å². The Kier molecular flexibility index (Phi) is 7.71. The molecule has 1 unspecified atom stereocenters. The molecule has 0 saturated carbocycles. The minimum Gasteiger partial charge on any atom is -0.475 e. The van der Waals surface area contributed by atoms with Crippen molar-refractivity contribution in [1.82, 2.24) is 9.97 Å². The molecule has 2 N–H and O–H groups in total. The zero-order valence-corrected chi connectivity index (χ0v) is 17.7. The number of amides is 1. The standard InChI is InChI=1S/C19H20N4O5S2/c1-2-27-19(25)23-30(26)14-7-5-13(6-8-14)21-18-20-12-15(16-4-3-11-29-16)17(22-18)28-10-9-24/h3-8,11-12,24,30H,2,9-10H2,1H3,(H,20,21,22). The molecule has 3 rings (SSSR count). The van der Waals surface area contributed by atoms with Gasteiger partial charge in [0.15, 0.2) is 0 Å². The van der Waals surface area contributed by atoms with Crippen LogP contribution >= 0.6 is 11.3 Å². The molecule has 1 atom stereocenters. The average Bonchev–Trinajstić information content (AvgIpc) is 3.27. The van der Waals surface area contributed by atoms with Gasteiger partial charge in [0, 0.05) is 21.7 Å². The molecule has 158 valence electrons. The first kappa shape index (κ1) is 21.7. The highest BCUT2D eigenvalue weighted by molar-refractivity contribution is 7.75. The van der Waals surface area contributed by atoms with Crippen LogP contribution in [0.4, 0.5) is 16.4 Å². The molecule has 2 heterocycles. The Hall–Kier alpha value is -3.02. The maximum Gasteiger partial charge on any atom is 0.441 e. The summed E-state index contributed by atoms with van der Waals surface area (Å²) in [7, 11) is -2.24. The molecule has 0 aliphatic rings. The van der Waals surface area contributed by atoms with Crippen LogP contribution in [0.2, 0.25) is 0 Å². The van der Waals surface area contributed by atoms with E-state index in [1.165, 1.54) is 11.3 Å². The maximum atomic E-state index is 12.1. The highest BCUT2D eigenvalue weighted by Crippen LogP contribution is 2.32. The maximum absolute atomic E-state index is 12.1. The molecule has 30 heavy (non-hydrogen) atoms. The second-order valence-electron chi connectivity index (χ2n) is 5.71. The van der Waals surface area contributed by atoms with E-state index in [1.807, 2.05) is 17.5 Å². The van der Waals surface area contributed by atoms with Gasteiger partial charge < -0.3 is 19.9 Å². The van der Waals surface area contributed by atoms with Crippen molar-refractivity contribution in [3.8, 4) is 16.3 Å². The fourth-order valence-corrected chi connectivity index (χ4v) is 3.82. The van der Waals surface area contributed by atoms with Crippen LogP contribution in [0.5, 0.6) is 5.88 Å². The van der Waals surface area contributed by atoms with Gasteiger partial charge in [-0.3, -0.25) is 0 Å². The summed E-state index contributed by atoms with van der Waals surface area (Å²) >= 11 is 1.53. The molecule has 0 spiro atoms. The molecule has 1 amide bonds. The lowest BCUT2D eigenvalue weighted by atomic mass is 10.2. The minimum atomic E-state index is -2.24. The van der Waals surface area contributed by atoms with Crippen molar-refractivity contribution in [1.29, 1.82) is 0 Å². The third-order valence-corrected chi connectivity index (χ3v) is 5.64. The fraction of sp³-hybridized carbons (Fsp3) is 0.211. The fourth-order valence-electron chi connectivity index (χ4n) is 2.37. The summed E-state index contributed by atoms with van der Waals surface area (Å²) in [5.41, 5.74) is 1.38. The highest BCUT2D eigenvalue weighted by atomic mass is 32.2. The monoisotopic (exact) mass is 448 g/mol. The van der Waals surface area contributed by atoms with Crippen molar-refractivity contribution in [2.75, 3.05) is 25.1 Å². The number of carbonyl (C=O) groups is 1. The van der Waals surface area contributed by atoms with E-state index in [1.54, 1.807) is 37.4 Å². The van der Waals surface area contributed by atoms with Gasteiger partial charge >= 0.3 is 6.09 Å². The van der Waals surface area contributed by atoms with Crippen LogP contribution in [-0.4, -0.2) is 45.2 Å². The van der Waals surface area contributed by atoms with Crippen LogP contribution in [0.1, 0.15) is 6.92 Å². The number of rotatable bonds is 8. The zero-order chi connectivity index (χ0) is 21.3. The number of thiol groups is 1. The number of carbonyl (C=O) groups excluding carboxylic acids is 1. The molecule has 0 radical (unpaired) electrons. The summed E-state index contributed by atoms with van der Waals surface area (Å²) in [5.74, 6) is 0.661. The number of aliphatic hydroxyl groups is 1. The van der Waals surface area contributed by atoms with Crippen LogP contribution in [0.25, 0.3) is 10.4 Å². The number of aromatic nitrogens is 2. The van der Waals surface area contributed by atoms with Gasteiger partial charge in [-0.1, -0.05) is 6.07 Å². The van der Waals surface area contributed by atoms with Crippen molar-refractivity contribution < 1.29 is 23.6 Å². The summed E-state index contributed by atoms with van der Waals surface area (Å²) in [6.45, 7) is 1.80. The Bertz CT molecular complexity index is 1070. The van der Waals surface area contributed by atoms with Crippen LogP contribution in [-0.2, 0) is 15.3 Å². The molecule has 11 heteroatoms. The third kappa shape index (κ3) is 5.75. The van der Waals surface area contributed by atoms with E-state index < -0.39 is 16.7 Å². The molecule has 0 aliphatic carbocycles. The molecule has 1 aromatic carbocycles. The van der Waals surface area contributed by atoms with E-state index in [0.717, 1.165) is 10.4 Å². The lowest BCUT2D eigenvalue weighted by Gasteiger charge is -2.11. The lowest BCUT2D eigenvalue weighted by Crippen LogP contribution is -2.06. The van der Waals surface area contributed by atoms with Gasteiger partial charge in [0.2, 0.25) is 11.8 Å². The topological polar surface area (TPSA) is 123 Å². The number of anilines is 2. The van der Waals surface area contributed by atoms with Crippen molar-refractivity contribution in [2.45, 2.75) is 11.8 Å². The second kappa shape index (κ2) is 10.7. The first-order valence-corrected chi connectivity index (χ1v) is 11.1. The normalized spacial score (nSPS) is 11.8. The van der Waals surface area contributed by atoms with Crippen LogP contribution in [0.15, 0.2) is 57.2 Å². The first-order valence-electron chi connectivity index (χ1n) is 8.98. The Morgan fingerprint density at radius 3 is 2.77 bits per heavy atom. The predicted molar refractivity (Wildman–Crippen MR) is 115 cm³/mol. The smallest absolute Gasteiger partial charge is 0.441 e. The number of benzene rings is 1. The average molecular weight is 449 g/mol. The number of thiophene rings is 1. The Morgan fingerprint density at radius 1 is 1.30 bits per heavy atom. The summed E-state index contributed by atoms with van der Waals surface area (Å²) in [6.07, 6.45) is 0.799. The van der Waals surface area contributed by atoms with Gasteiger partial charge in [-0.25, -0.2) is 14.0 Å². The molecule has 2 aromatic heterocycles. The molecular weight excluding hydrogens is 428 g/mol. The minimum absolute atomic E-state index is 0.112. The number of hydrogen-bond acceptors (Lipinski definition) is 9. The second-order valence-corrected chi connectivity index (χ2v) is 7.92. The molecule has 0 saturated heterocycles. The SMILES string of the molecule is CCOC(=O)N=[SH](=O)c1ccc(Nc2ncc(-c3cccs3)c(OCCO)n2)cc1. The molecule has 3 aromatic rings. The van der Waals surface area contributed by atoms with Crippen molar-refractivity contribution in [3.05, 3.63) is 48.0 Å². The van der Waals surface area contributed by atoms with E-state index in [9.17, 15) is 9.00 Å². The molecule has 0 fully saturated rings. The number of nitrogens with one attached hydrogen (secondary N) is 1. The molecule has 0 aliphatic heterocycles. The third-order valence-electron chi connectivity index (χ3n) is 3.66. The zero-order valence-electron chi connectivity index (χ0n) is 16.0. The van der Waals surface area contributed by atoms with Gasteiger partial charge in [0.1, 0.15) is 6.61 Å². The molecule has 0 bridgehead atoms.